The number of rotatable bonds is 7. The molecular formula is C27H22FNO3S. The van der Waals surface area contributed by atoms with Crippen LogP contribution in [-0.2, 0) is 26.8 Å². The van der Waals surface area contributed by atoms with Crippen molar-refractivity contribution in [3.05, 3.63) is 108 Å². The highest BCUT2D eigenvalue weighted by atomic mass is 32.2. The summed E-state index contributed by atoms with van der Waals surface area (Å²) < 4.78 is 40.2. The number of fused-ring (bicyclic) bond motifs is 1. The van der Waals surface area contributed by atoms with E-state index in [1.807, 2.05) is 24.3 Å². The Bertz CT molecular complexity index is 1450. The van der Waals surface area contributed by atoms with Crippen molar-refractivity contribution >= 4 is 26.4 Å². The van der Waals surface area contributed by atoms with E-state index in [0.29, 0.717) is 24.0 Å². The molecule has 4 nitrogen and oxygen atoms in total. The Morgan fingerprint density at radius 2 is 1.76 bits per heavy atom. The van der Waals surface area contributed by atoms with E-state index < -0.39 is 15.7 Å². The zero-order chi connectivity index (χ0) is 23.0. The fraction of sp³-hybridized carbons (Fsp3) is 0.185. The van der Waals surface area contributed by atoms with Gasteiger partial charge in [-0.1, -0.05) is 54.6 Å². The van der Waals surface area contributed by atoms with Crippen molar-refractivity contribution in [2.75, 3.05) is 0 Å². The van der Waals surface area contributed by atoms with Crippen LogP contribution in [0.1, 0.15) is 29.0 Å². The maximum absolute atomic E-state index is 14.5. The molecule has 0 bridgehead atoms. The molecule has 33 heavy (non-hydrogen) atoms. The second kappa shape index (κ2) is 8.52. The third-order valence-electron chi connectivity index (χ3n) is 6.21. The van der Waals surface area contributed by atoms with E-state index in [0.717, 1.165) is 16.3 Å². The zero-order valence-corrected chi connectivity index (χ0v) is 18.6. The van der Waals surface area contributed by atoms with E-state index in [2.05, 4.69) is 4.98 Å². The molecule has 0 N–H and O–H groups in total. The summed E-state index contributed by atoms with van der Waals surface area (Å²) in [6.45, 7) is 0. The van der Waals surface area contributed by atoms with E-state index in [4.69, 9.17) is 0 Å². The zero-order valence-electron chi connectivity index (χ0n) is 17.8. The van der Waals surface area contributed by atoms with E-state index in [1.54, 1.807) is 48.8 Å². The lowest BCUT2D eigenvalue weighted by atomic mass is 10.0. The molecular weight excluding hydrogens is 437 g/mol. The smallest absolute Gasteiger partial charge is 0.185 e. The molecule has 5 rings (SSSR count). The number of aromatic nitrogens is 1. The van der Waals surface area contributed by atoms with Crippen molar-refractivity contribution < 1.29 is 17.6 Å². The lowest BCUT2D eigenvalue weighted by Gasteiger charge is -2.09. The number of hydrogen-bond donors (Lipinski definition) is 0. The van der Waals surface area contributed by atoms with Crippen LogP contribution in [0.3, 0.4) is 0 Å². The molecule has 1 heterocycles. The number of pyridine rings is 1. The van der Waals surface area contributed by atoms with Gasteiger partial charge in [-0.25, -0.2) is 12.8 Å². The number of hydrogen-bond acceptors (Lipinski definition) is 4. The third kappa shape index (κ3) is 4.57. The molecule has 0 amide bonds. The lowest BCUT2D eigenvalue weighted by Crippen LogP contribution is -2.09. The number of halogens is 1. The number of nitrogens with zero attached hydrogens (tertiary/aromatic N) is 1. The van der Waals surface area contributed by atoms with E-state index in [-0.39, 0.29) is 28.3 Å². The number of carbonyl (C=O) groups excluding carboxylic acids is 1. The van der Waals surface area contributed by atoms with Crippen LogP contribution in [0.4, 0.5) is 4.39 Å². The molecule has 1 aliphatic rings. The monoisotopic (exact) mass is 459 g/mol. The van der Waals surface area contributed by atoms with Crippen molar-refractivity contribution in [2.24, 2.45) is 5.92 Å². The fourth-order valence-corrected chi connectivity index (χ4v) is 5.82. The maximum atomic E-state index is 14.5. The standard InChI is InChI=1S/C27H22FNO3S/c28-25-9-8-21(14-27(25)33(31,32)17-18-4-2-1-3-5-18)23-15-24(23)26(30)13-19-6-7-22-16-29-11-10-20(22)12-19/h1-12,14,16,23-24H,13,15,17H2/t23?,24-/m1/s1. The Hall–Kier alpha value is -3.38. The van der Waals surface area contributed by atoms with Crippen molar-refractivity contribution in [3.63, 3.8) is 0 Å². The van der Waals surface area contributed by atoms with E-state index in [1.165, 1.54) is 12.1 Å². The van der Waals surface area contributed by atoms with Crippen LogP contribution in [-0.4, -0.2) is 19.2 Å². The van der Waals surface area contributed by atoms with Gasteiger partial charge in [0.2, 0.25) is 0 Å². The second-order valence-electron chi connectivity index (χ2n) is 8.58. The Labute approximate surface area is 192 Å². The number of Topliss-reactive ketones (excluding diaryl/α,β-unsaturated/α-hetero) is 1. The number of ketones is 1. The average molecular weight is 460 g/mol. The molecule has 1 saturated carbocycles. The van der Waals surface area contributed by atoms with Crippen molar-refractivity contribution in [2.45, 2.75) is 29.4 Å². The first-order valence-corrected chi connectivity index (χ1v) is 12.5. The normalized spacial score (nSPS) is 17.7. The third-order valence-corrected chi connectivity index (χ3v) is 7.90. The average Bonchev–Trinajstić information content (AvgIpc) is 3.61. The van der Waals surface area contributed by atoms with Gasteiger partial charge < -0.3 is 0 Å². The predicted octanol–water partition coefficient (Wildman–Crippen LogP) is 5.26. The summed E-state index contributed by atoms with van der Waals surface area (Å²) >= 11 is 0. The number of sulfone groups is 1. The number of benzene rings is 3. The van der Waals surface area contributed by atoms with Gasteiger partial charge in [0.15, 0.2) is 9.84 Å². The van der Waals surface area contributed by atoms with E-state index >= 15 is 0 Å². The van der Waals surface area contributed by atoms with Gasteiger partial charge >= 0.3 is 0 Å². The fourth-order valence-electron chi connectivity index (χ4n) is 4.35. The molecule has 0 aliphatic heterocycles. The van der Waals surface area contributed by atoms with Crippen LogP contribution in [0.2, 0.25) is 0 Å². The van der Waals surface area contributed by atoms with Crippen LogP contribution < -0.4 is 0 Å². The summed E-state index contributed by atoms with van der Waals surface area (Å²) in [6, 6.07) is 20.7. The first kappa shape index (κ1) is 21.5. The van der Waals surface area contributed by atoms with Gasteiger partial charge in [0.05, 0.1) is 5.75 Å². The molecule has 1 fully saturated rings. The van der Waals surface area contributed by atoms with Gasteiger partial charge in [-0.2, -0.15) is 0 Å². The summed E-state index contributed by atoms with van der Waals surface area (Å²) in [7, 11) is -3.84. The molecule has 1 aliphatic carbocycles. The Kier molecular flexibility index (Phi) is 5.54. The van der Waals surface area contributed by atoms with Crippen LogP contribution in [0.5, 0.6) is 0 Å². The topological polar surface area (TPSA) is 64.1 Å². The van der Waals surface area contributed by atoms with Gasteiger partial charge in [0.25, 0.3) is 0 Å². The molecule has 166 valence electrons. The largest absolute Gasteiger partial charge is 0.299 e. The van der Waals surface area contributed by atoms with Crippen LogP contribution in [0.15, 0.2) is 90.1 Å². The molecule has 1 aromatic heterocycles. The molecule has 4 aromatic rings. The SMILES string of the molecule is O=C(Cc1ccc2cnccc2c1)[C@@H]1CC1c1ccc(F)c(S(=O)(=O)Cc2ccccc2)c1. The first-order chi connectivity index (χ1) is 15.9. The van der Waals surface area contributed by atoms with Crippen LogP contribution in [0, 0.1) is 11.7 Å². The molecule has 1 unspecified atom stereocenters. The van der Waals surface area contributed by atoms with Gasteiger partial charge in [-0.3, -0.25) is 9.78 Å². The van der Waals surface area contributed by atoms with Gasteiger partial charge in [-0.05, 0) is 52.6 Å². The molecule has 0 radical (unpaired) electrons. The Morgan fingerprint density at radius 1 is 0.939 bits per heavy atom. The Balaban J connectivity index is 1.32. The summed E-state index contributed by atoms with van der Waals surface area (Å²) in [6.07, 6.45) is 4.48. The molecule has 3 aromatic carbocycles. The lowest BCUT2D eigenvalue weighted by molar-refractivity contribution is -0.119. The summed E-state index contributed by atoms with van der Waals surface area (Å²) in [5.74, 6) is -1.16. The second-order valence-corrected chi connectivity index (χ2v) is 10.5. The highest BCUT2D eigenvalue weighted by Gasteiger charge is 2.43. The minimum absolute atomic E-state index is 0.0755. The molecule has 2 atom stereocenters. The van der Waals surface area contributed by atoms with E-state index in [9.17, 15) is 17.6 Å². The first-order valence-electron chi connectivity index (χ1n) is 10.8. The van der Waals surface area contributed by atoms with Crippen LogP contribution >= 0.6 is 0 Å². The minimum atomic E-state index is -3.84. The van der Waals surface area contributed by atoms with Gasteiger partial charge in [-0.15, -0.1) is 0 Å². The highest BCUT2D eigenvalue weighted by Crippen LogP contribution is 2.49. The van der Waals surface area contributed by atoms with Crippen molar-refractivity contribution in [1.29, 1.82) is 0 Å². The Morgan fingerprint density at radius 3 is 2.58 bits per heavy atom. The van der Waals surface area contributed by atoms with Gasteiger partial charge in [0.1, 0.15) is 16.5 Å². The summed E-state index contributed by atoms with van der Waals surface area (Å²) in [4.78, 5) is 16.7. The summed E-state index contributed by atoms with van der Waals surface area (Å²) in [5, 5.41) is 2.06. The quantitative estimate of drug-likeness (QED) is 0.378. The number of carbonyl (C=O) groups is 1. The summed E-state index contributed by atoms with van der Waals surface area (Å²) in [5.41, 5.74) is 2.24. The van der Waals surface area contributed by atoms with Crippen molar-refractivity contribution in [3.8, 4) is 0 Å². The van der Waals surface area contributed by atoms with Gasteiger partial charge in [0, 0.05) is 30.1 Å². The van der Waals surface area contributed by atoms with Crippen molar-refractivity contribution in [1.82, 2.24) is 4.98 Å². The maximum Gasteiger partial charge on any atom is 0.185 e. The molecule has 0 spiro atoms. The molecule has 0 saturated heterocycles. The predicted molar refractivity (Wildman–Crippen MR) is 125 cm³/mol. The minimum Gasteiger partial charge on any atom is -0.299 e. The van der Waals surface area contributed by atoms with Crippen LogP contribution in [0.25, 0.3) is 10.8 Å². The highest BCUT2D eigenvalue weighted by molar-refractivity contribution is 7.90. The molecule has 6 heteroatoms.